The Hall–Kier alpha value is -8.52. The molecule has 1 heterocycles. The highest BCUT2D eigenvalue weighted by atomic mass is 15.0. The van der Waals surface area contributed by atoms with Gasteiger partial charge in [-0.15, -0.1) is 0 Å². The number of hydrogen-bond donors (Lipinski definition) is 0. The zero-order chi connectivity index (χ0) is 42.6. The number of rotatable bonds is 4. The maximum absolute atomic E-state index is 2.46. The fourth-order valence-corrected chi connectivity index (χ4v) is 11.0. The van der Waals surface area contributed by atoms with Crippen LogP contribution in [0.25, 0.3) is 136 Å². The summed E-state index contributed by atoms with van der Waals surface area (Å²) in [5.41, 5.74) is 10.9. The van der Waals surface area contributed by atoms with Crippen molar-refractivity contribution < 1.29 is 0 Å². The van der Waals surface area contributed by atoms with E-state index in [1.165, 1.54) is 131 Å². The summed E-state index contributed by atoms with van der Waals surface area (Å²) in [5.74, 6) is 0. The summed E-state index contributed by atoms with van der Waals surface area (Å²) in [6, 6.07) is 88.1. The van der Waals surface area contributed by atoms with Gasteiger partial charge in [0.25, 0.3) is 0 Å². The molecule has 0 fully saturated rings. The van der Waals surface area contributed by atoms with Gasteiger partial charge in [0, 0.05) is 16.5 Å². The predicted molar refractivity (Wildman–Crippen MR) is 280 cm³/mol. The Kier molecular flexibility index (Phi) is 7.75. The molecule has 0 radical (unpaired) electrons. The summed E-state index contributed by atoms with van der Waals surface area (Å²) in [5, 5.41) is 20.2. The van der Waals surface area contributed by atoms with Gasteiger partial charge in [0.2, 0.25) is 0 Å². The quantitative estimate of drug-likeness (QED) is 0.156. The van der Waals surface area contributed by atoms with Crippen LogP contribution >= 0.6 is 0 Å². The molecule has 1 heteroatoms. The highest BCUT2D eigenvalue weighted by Gasteiger charge is 2.20. The third kappa shape index (κ3) is 5.52. The molecule has 0 aliphatic heterocycles. The second-order valence-electron chi connectivity index (χ2n) is 17.6. The number of fused-ring (bicyclic) bond motifs is 12. The van der Waals surface area contributed by atoms with Crippen LogP contribution in [-0.2, 0) is 0 Å². The van der Waals surface area contributed by atoms with Crippen LogP contribution in [0.2, 0.25) is 0 Å². The molecule has 0 bridgehead atoms. The maximum Gasteiger partial charge on any atom is 0.0547 e. The van der Waals surface area contributed by atoms with Gasteiger partial charge in [0.15, 0.2) is 0 Å². The molecule has 65 heavy (non-hydrogen) atoms. The lowest BCUT2D eigenvalue weighted by molar-refractivity contribution is 1.18. The maximum atomic E-state index is 2.46. The van der Waals surface area contributed by atoms with Gasteiger partial charge in [-0.05, 0) is 163 Å². The van der Waals surface area contributed by atoms with E-state index in [1.54, 1.807) is 0 Å². The van der Waals surface area contributed by atoms with Gasteiger partial charge in [-0.2, -0.15) is 0 Å². The Morgan fingerprint density at radius 1 is 0.215 bits per heavy atom. The molecular formula is C64H39N. The lowest BCUT2D eigenvalue weighted by Crippen LogP contribution is -1.95. The van der Waals surface area contributed by atoms with Gasteiger partial charge in [-0.1, -0.05) is 182 Å². The second kappa shape index (κ2) is 14.0. The van der Waals surface area contributed by atoms with Gasteiger partial charge >= 0.3 is 0 Å². The smallest absolute Gasteiger partial charge is 0.0547 e. The van der Waals surface area contributed by atoms with Gasteiger partial charge in [0.1, 0.15) is 0 Å². The van der Waals surface area contributed by atoms with E-state index >= 15 is 0 Å². The molecule has 0 atom stereocenters. The SMILES string of the molecule is c1ccc2cc(-c3c4ccccc4c(-c4ccc(-n5c6ccc7ccccc7c6c6c7ccccc7ccc65)cc4)c4ccc(-c5ccc6cc7ccccc7cc6c5)cc34)ccc2c1. The standard InChI is InChI=1S/C64H39N/c1-2-14-44-36-50(24-21-40(44)11-1)62-56-20-10-9-19-55(56)61(57-32-27-49(39-58(57)62)47-22-23-48-35-45-15-3-4-16-46(45)37-51(48)38-47)43-25-30-52(31-26-43)65-59-33-28-41-12-5-7-17-53(41)63(59)64-54-18-8-6-13-42(54)29-34-60(64)65/h1-39H. The predicted octanol–water partition coefficient (Wildman–Crippen LogP) is 17.9. The van der Waals surface area contributed by atoms with Crippen molar-refractivity contribution in [1.29, 1.82) is 0 Å². The van der Waals surface area contributed by atoms with Crippen LogP contribution in [0, 0.1) is 0 Å². The first-order valence-corrected chi connectivity index (χ1v) is 22.6. The van der Waals surface area contributed by atoms with E-state index in [2.05, 4.69) is 241 Å². The van der Waals surface area contributed by atoms with Crippen LogP contribution in [0.4, 0.5) is 0 Å². The van der Waals surface area contributed by atoms with Crippen molar-refractivity contribution in [3.05, 3.63) is 237 Å². The van der Waals surface area contributed by atoms with Crippen LogP contribution in [0.5, 0.6) is 0 Å². The van der Waals surface area contributed by atoms with Gasteiger partial charge in [-0.3, -0.25) is 0 Å². The molecule has 1 nitrogen and oxygen atoms in total. The van der Waals surface area contributed by atoms with Gasteiger partial charge in [-0.25, -0.2) is 0 Å². The Bertz CT molecular complexity index is 4190. The highest BCUT2D eigenvalue weighted by molar-refractivity contribution is 6.29. The third-order valence-corrected chi connectivity index (χ3v) is 14.1. The summed E-state index contributed by atoms with van der Waals surface area (Å²) in [6.07, 6.45) is 0. The van der Waals surface area contributed by atoms with Crippen LogP contribution in [0.3, 0.4) is 0 Å². The van der Waals surface area contributed by atoms with Crippen molar-refractivity contribution in [3.63, 3.8) is 0 Å². The number of nitrogens with zero attached hydrogens (tertiary/aromatic N) is 1. The van der Waals surface area contributed by atoms with Crippen molar-refractivity contribution >= 4 is 97.2 Å². The monoisotopic (exact) mass is 821 g/mol. The molecule has 1 aromatic heterocycles. The van der Waals surface area contributed by atoms with Crippen LogP contribution < -0.4 is 0 Å². The Labute approximate surface area is 375 Å². The van der Waals surface area contributed by atoms with Crippen molar-refractivity contribution in [1.82, 2.24) is 4.57 Å². The summed E-state index contributed by atoms with van der Waals surface area (Å²) in [7, 11) is 0. The largest absolute Gasteiger partial charge is 0.309 e. The van der Waals surface area contributed by atoms with E-state index in [4.69, 9.17) is 0 Å². The topological polar surface area (TPSA) is 4.93 Å². The van der Waals surface area contributed by atoms with E-state index in [1.807, 2.05) is 0 Å². The lowest BCUT2D eigenvalue weighted by Gasteiger charge is -2.19. The third-order valence-electron chi connectivity index (χ3n) is 14.1. The van der Waals surface area contributed by atoms with Crippen molar-refractivity contribution in [2.45, 2.75) is 0 Å². The fourth-order valence-electron chi connectivity index (χ4n) is 11.0. The molecule has 0 unspecified atom stereocenters. The van der Waals surface area contributed by atoms with Crippen LogP contribution in [0.1, 0.15) is 0 Å². The molecule has 0 amide bonds. The zero-order valence-corrected chi connectivity index (χ0v) is 35.5. The summed E-state index contributed by atoms with van der Waals surface area (Å²) < 4.78 is 2.46. The summed E-state index contributed by atoms with van der Waals surface area (Å²) in [6.45, 7) is 0. The Balaban J connectivity index is 0.999. The normalized spacial score (nSPS) is 12.0. The van der Waals surface area contributed by atoms with E-state index in [0.717, 1.165) is 5.69 Å². The first-order valence-electron chi connectivity index (χ1n) is 22.6. The van der Waals surface area contributed by atoms with Crippen molar-refractivity contribution in [3.8, 4) is 39.1 Å². The molecule has 0 aliphatic rings. The van der Waals surface area contributed by atoms with Crippen molar-refractivity contribution in [2.75, 3.05) is 0 Å². The fraction of sp³-hybridized carbons (Fsp3) is 0. The minimum absolute atomic E-state index is 1.15. The minimum Gasteiger partial charge on any atom is -0.309 e. The van der Waals surface area contributed by atoms with E-state index in [0.29, 0.717) is 0 Å². The van der Waals surface area contributed by atoms with Gasteiger partial charge in [0.05, 0.1) is 11.0 Å². The minimum atomic E-state index is 1.15. The van der Waals surface area contributed by atoms with E-state index in [-0.39, 0.29) is 0 Å². The Morgan fingerprint density at radius 3 is 1.26 bits per heavy atom. The molecule has 14 aromatic rings. The van der Waals surface area contributed by atoms with E-state index in [9.17, 15) is 0 Å². The lowest BCUT2D eigenvalue weighted by atomic mass is 9.84. The molecular weight excluding hydrogens is 783 g/mol. The first kappa shape index (κ1) is 36.0. The molecule has 14 rings (SSSR count). The number of aromatic nitrogens is 1. The van der Waals surface area contributed by atoms with Gasteiger partial charge < -0.3 is 4.57 Å². The average Bonchev–Trinajstić information content (AvgIpc) is 3.72. The molecule has 0 saturated carbocycles. The molecule has 0 aliphatic carbocycles. The molecule has 13 aromatic carbocycles. The molecule has 300 valence electrons. The summed E-state index contributed by atoms with van der Waals surface area (Å²) >= 11 is 0. The highest BCUT2D eigenvalue weighted by Crippen LogP contribution is 2.47. The number of benzene rings is 13. The second-order valence-corrected chi connectivity index (χ2v) is 17.6. The van der Waals surface area contributed by atoms with E-state index < -0.39 is 0 Å². The van der Waals surface area contributed by atoms with Crippen LogP contribution in [-0.4, -0.2) is 4.57 Å². The molecule has 0 spiro atoms. The number of hydrogen-bond acceptors (Lipinski definition) is 0. The first-order chi connectivity index (χ1) is 32.2. The molecule has 0 saturated heterocycles. The van der Waals surface area contributed by atoms with Crippen molar-refractivity contribution in [2.24, 2.45) is 0 Å². The molecule has 0 N–H and O–H groups in total. The summed E-state index contributed by atoms with van der Waals surface area (Å²) in [4.78, 5) is 0. The van der Waals surface area contributed by atoms with Crippen LogP contribution in [0.15, 0.2) is 237 Å². The Morgan fingerprint density at radius 2 is 0.615 bits per heavy atom. The average molecular weight is 822 g/mol. The zero-order valence-electron chi connectivity index (χ0n) is 35.5.